The normalized spacial score (nSPS) is 18.3. The number of amides is 3. The molecule has 7 N–H and O–H groups in total. The van der Waals surface area contributed by atoms with E-state index in [0.717, 1.165) is 85.0 Å². The number of halogens is 1. The Kier molecular flexibility index (Phi) is 12.9. The molecule has 0 radical (unpaired) electrons. The third kappa shape index (κ3) is 9.37. The van der Waals surface area contributed by atoms with Gasteiger partial charge in [-0.3, -0.25) is 14.4 Å². The predicted molar refractivity (Wildman–Crippen MR) is 200 cm³/mol. The minimum atomic E-state index is -0.779. The van der Waals surface area contributed by atoms with Crippen molar-refractivity contribution in [2.24, 2.45) is 17.6 Å². The van der Waals surface area contributed by atoms with Gasteiger partial charge in [-0.2, -0.15) is 5.21 Å². The number of anilines is 1. The fourth-order valence-corrected chi connectivity index (χ4v) is 7.04. The molecule has 3 aromatic carbocycles. The van der Waals surface area contributed by atoms with Gasteiger partial charge in [0, 0.05) is 35.2 Å². The molecule has 2 heterocycles. The molecule has 0 spiro atoms. The summed E-state index contributed by atoms with van der Waals surface area (Å²) in [4.78, 5) is 40.3. The van der Waals surface area contributed by atoms with E-state index in [0.29, 0.717) is 36.0 Å². The number of nitrogens with one attached hydrogen (secondary N) is 5. The van der Waals surface area contributed by atoms with Crippen LogP contribution in [0.5, 0.6) is 0 Å². The second-order valence-corrected chi connectivity index (χ2v) is 13.6. The first-order valence-corrected chi connectivity index (χ1v) is 17.6. The van der Waals surface area contributed by atoms with Crippen LogP contribution in [0.2, 0.25) is 0 Å². The van der Waals surface area contributed by atoms with Crippen LogP contribution in [0.1, 0.15) is 65.6 Å². The maximum atomic E-state index is 13.7. The number of aromatic amines is 1. The Morgan fingerprint density at radius 3 is 2.20 bits per heavy atom. The molecule has 2 fully saturated rings. The van der Waals surface area contributed by atoms with Crippen molar-refractivity contribution >= 4 is 35.8 Å². The summed E-state index contributed by atoms with van der Waals surface area (Å²) in [7, 11) is 0. The number of hydrogen-bond acceptors (Lipinski definition) is 8. The highest BCUT2D eigenvalue weighted by Crippen LogP contribution is 2.30. The lowest BCUT2D eigenvalue weighted by molar-refractivity contribution is -0.130. The average Bonchev–Trinajstić information content (AvgIpc) is 3.69. The predicted octanol–water partition coefficient (Wildman–Crippen LogP) is 4.49. The van der Waals surface area contributed by atoms with Crippen molar-refractivity contribution < 1.29 is 14.4 Å². The Balaban J connectivity index is 0.00000504. The van der Waals surface area contributed by atoms with Crippen LogP contribution in [0.15, 0.2) is 60.7 Å². The zero-order chi connectivity index (χ0) is 35.0. The Morgan fingerprint density at radius 2 is 1.55 bits per heavy atom. The van der Waals surface area contributed by atoms with E-state index in [4.69, 9.17) is 5.73 Å². The van der Waals surface area contributed by atoms with Crippen molar-refractivity contribution in [3.05, 3.63) is 82.9 Å². The lowest BCUT2D eigenvalue weighted by Crippen LogP contribution is -2.48. The number of hydrogen-bond donors (Lipinski definition) is 6. The van der Waals surface area contributed by atoms with Gasteiger partial charge in [0.1, 0.15) is 6.04 Å². The molecule has 0 unspecified atom stereocenters. The quantitative estimate of drug-likeness (QED) is 0.132. The lowest BCUT2D eigenvalue weighted by atomic mass is 9.81. The maximum absolute atomic E-state index is 13.7. The number of benzene rings is 3. The van der Waals surface area contributed by atoms with Crippen LogP contribution in [-0.2, 0) is 16.0 Å². The third-order valence-electron chi connectivity index (χ3n) is 10.4. The second-order valence-electron chi connectivity index (χ2n) is 13.6. The summed E-state index contributed by atoms with van der Waals surface area (Å²) in [5.74, 6) is 0.351. The fraction of sp³-hybridized carbons (Fsp3) is 0.421. The first-order chi connectivity index (χ1) is 24.3. The van der Waals surface area contributed by atoms with Crippen molar-refractivity contribution in [2.45, 2.75) is 70.9 Å². The summed E-state index contributed by atoms with van der Waals surface area (Å²) in [6.07, 6.45) is 5.57. The van der Waals surface area contributed by atoms with Crippen molar-refractivity contribution in [3.63, 3.8) is 0 Å². The van der Waals surface area contributed by atoms with Gasteiger partial charge in [0.2, 0.25) is 17.6 Å². The summed E-state index contributed by atoms with van der Waals surface area (Å²) in [5, 5.41) is 26.6. The van der Waals surface area contributed by atoms with Gasteiger partial charge in [-0.05, 0) is 141 Å². The van der Waals surface area contributed by atoms with E-state index in [-0.39, 0.29) is 42.1 Å². The van der Waals surface area contributed by atoms with E-state index in [9.17, 15) is 14.4 Å². The highest BCUT2D eigenvalue weighted by atomic mass is 35.5. The topological polar surface area (TPSA) is 180 Å². The maximum Gasteiger partial charge on any atom is 0.251 e. The molecular formula is C38H48ClN9O3. The van der Waals surface area contributed by atoms with Gasteiger partial charge < -0.3 is 27.0 Å². The van der Waals surface area contributed by atoms with Gasteiger partial charge in [0.25, 0.3) is 5.91 Å². The molecule has 12 nitrogen and oxygen atoms in total. The first-order valence-electron chi connectivity index (χ1n) is 17.6. The molecular weight excluding hydrogens is 666 g/mol. The average molecular weight is 714 g/mol. The van der Waals surface area contributed by atoms with Crippen molar-refractivity contribution in [1.29, 1.82) is 0 Å². The number of tetrazole rings is 1. The van der Waals surface area contributed by atoms with Crippen LogP contribution >= 0.6 is 12.4 Å². The summed E-state index contributed by atoms with van der Waals surface area (Å²) >= 11 is 0. The zero-order valence-corrected chi connectivity index (χ0v) is 30.0. The van der Waals surface area contributed by atoms with Gasteiger partial charge in [-0.15, -0.1) is 22.6 Å². The Labute approximate surface area is 304 Å². The van der Waals surface area contributed by atoms with Gasteiger partial charge in [-0.25, -0.2) is 0 Å². The molecule has 51 heavy (non-hydrogen) atoms. The highest BCUT2D eigenvalue weighted by Gasteiger charge is 2.29. The zero-order valence-electron chi connectivity index (χ0n) is 29.2. The Hall–Kier alpha value is -4.65. The van der Waals surface area contributed by atoms with E-state index in [2.05, 4.69) is 41.9 Å². The molecule has 0 bridgehead atoms. The number of carbonyl (C=O) groups is 3. The molecule has 6 rings (SSSR count). The van der Waals surface area contributed by atoms with E-state index in [1.54, 1.807) is 24.3 Å². The van der Waals surface area contributed by atoms with Crippen molar-refractivity contribution in [2.75, 3.05) is 25.0 Å². The molecule has 1 aliphatic heterocycles. The molecule has 1 aromatic heterocycles. The van der Waals surface area contributed by atoms with Gasteiger partial charge in [-0.1, -0.05) is 30.3 Å². The monoisotopic (exact) mass is 713 g/mol. The van der Waals surface area contributed by atoms with Crippen molar-refractivity contribution in [3.8, 4) is 22.5 Å². The van der Waals surface area contributed by atoms with Crippen LogP contribution in [0.25, 0.3) is 22.5 Å². The Morgan fingerprint density at radius 1 is 0.863 bits per heavy atom. The van der Waals surface area contributed by atoms with E-state index in [1.807, 2.05) is 50.2 Å². The number of rotatable bonds is 11. The number of aromatic nitrogens is 4. The SMILES string of the molecule is Cc1c(C(=O)NC2CCNCC2)ccc(-c2ccc(C[C@H](NC(=O)[C@H]3CC[C@H](CN)CC3)C(=O)Nc3ccc(-c4nn[nH]n4)cc3)cc2)c1C.Cl. The number of H-pyrrole nitrogens is 1. The minimum Gasteiger partial charge on any atom is -0.349 e. The summed E-state index contributed by atoms with van der Waals surface area (Å²) in [6, 6.07) is 18.6. The minimum absolute atomic E-state index is 0. The fourth-order valence-electron chi connectivity index (χ4n) is 7.04. The first kappa shape index (κ1) is 37.6. The number of carbonyl (C=O) groups excluding carboxylic acids is 3. The molecule has 3 amide bonds. The van der Waals surface area contributed by atoms with Crippen LogP contribution in [0, 0.1) is 25.7 Å². The molecule has 1 atom stereocenters. The number of nitrogens with zero attached hydrogens (tertiary/aromatic N) is 3. The summed E-state index contributed by atoms with van der Waals surface area (Å²) < 4.78 is 0. The number of nitrogens with two attached hydrogens (primary N) is 1. The number of piperidine rings is 1. The summed E-state index contributed by atoms with van der Waals surface area (Å²) in [5.41, 5.74) is 12.9. The van der Waals surface area contributed by atoms with Gasteiger partial charge in [0.15, 0.2) is 0 Å². The van der Waals surface area contributed by atoms with E-state index >= 15 is 0 Å². The molecule has 4 aromatic rings. The van der Waals surface area contributed by atoms with Gasteiger partial charge in [0.05, 0.1) is 0 Å². The van der Waals surface area contributed by atoms with Gasteiger partial charge >= 0.3 is 0 Å². The Bertz CT molecular complexity index is 1770. The molecule has 13 heteroatoms. The highest BCUT2D eigenvalue weighted by molar-refractivity contribution is 5.98. The summed E-state index contributed by atoms with van der Waals surface area (Å²) in [6.45, 7) is 6.52. The molecule has 1 saturated carbocycles. The third-order valence-corrected chi connectivity index (χ3v) is 10.4. The van der Waals surface area contributed by atoms with Crippen LogP contribution in [0.3, 0.4) is 0 Å². The van der Waals surface area contributed by atoms with Crippen LogP contribution in [0.4, 0.5) is 5.69 Å². The van der Waals surface area contributed by atoms with Crippen LogP contribution < -0.4 is 27.0 Å². The smallest absolute Gasteiger partial charge is 0.251 e. The largest absolute Gasteiger partial charge is 0.349 e. The molecule has 1 aliphatic carbocycles. The molecule has 1 saturated heterocycles. The van der Waals surface area contributed by atoms with E-state index < -0.39 is 6.04 Å². The molecule has 270 valence electrons. The standard InChI is InChI=1S/C38H47N9O3.ClH/c1-23-24(2)33(37(49)41-31-17-19-40-20-18-31)16-15-32(23)27-7-3-25(4-8-27)21-34(43-36(48)29-9-5-26(22-39)6-10-29)38(50)42-30-13-11-28(12-14-30)35-44-46-47-45-35;/h3-4,7-8,11-16,26,29,31,34,40H,5-6,9-10,17-22,39H2,1-2H3,(H,41,49)(H,42,50)(H,43,48)(H,44,45,46,47);1H/t26-,29-,34-;/m0./s1. The van der Waals surface area contributed by atoms with Crippen molar-refractivity contribution in [1.82, 2.24) is 36.6 Å². The van der Waals surface area contributed by atoms with Crippen LogP contribution in [-0.4, -0.2) is 70.1 Å². The second kappa shape index (κ2) is 17.5. The lowest BCUT2D eigenvalue weighted by Gasteiger charge is -2.28. The molecule has 2 aliphatic rings. The van der Waals surface area contributed by atoms with E-state index in [1.165, 1.54) is 0 Å².